The van der Waals surface area contributed by atoms with E-state index in [1.165, 1.54) is 4.88 Å². The number of anilines is 2. The van der Waals surface area contributed by atoms with Crippen molar-refractivity contribution in [2.45, 2.75) is 13.0 Å². The van der Waals surface area contributed by atoms with Crippen LogP contribution in [0.3, 0.4) is 0 Å². The maximum absolute atomic E-state index is 6.25. The first-order valence-electron chi connectivity index (χ1n) is 5.84. The molecule has 0 aliphatic rings. The summed E-state index contributed by atoms with van der Waals surface area (Å²) < 4.78 is 0. The van der Waals surface area contributed by atoms with E-state index in [0.717, 1.165) is 16.4 Å². The van der Waals surface area contributed by atoms with Gasteiger partial charge in [0.15, 0.2) is 0 Å². The maximum atomic E-state index is 6.25. The lowest BCUT2D eigenvalue weighted by Gasteiger charge is -2.18. The van der Waals surface area contributed by atoms with Crippen molar-refractivity contribution in [1.82, 2.24) is 0 Å². The Bertz CT molecular complexity index is 509. The molecule has 1 heterocycles. The number of benzene rings is 1. The third-order valence-corrected chi connectivity index (χ3v) is 4.14. The van der Waals surface area contributed by atoms with Gasteiger partial charge >= 0.3 is 0 Å². The highest BCUT2D eigenvalue weighted by Gasteiger charge is 2.08. The molecule has 0 saturated carbocycles. The Balaban J connectivity index is 2.13. The molecule has 2 aromatic rings. The molecule has 2 rings (SSSR count). The van der Waals surface area contributed by atoms with Crippen LogP contribution in [0, 0.1) is 0 Å². The van der Waals surface area contributed by atoms with Crippen LogP contribution in [0.2, 0.25) is 5.02 Å². The van der Waals surface area contributed by atoms with Crippen molar-refractivity contribution < 1.29 is 0 Å². The average molecular weight is 281 g/mol. The van der Waals surface area contributed by atoms with E-state index in [9.17, 15) is 0 Å². The lowest BCUT2D eigenvalue weighted by atomic mass is 10.2. The molecule has 2 nitrogen and oxygen atoms in total. The summed E-state index contributed by atoms with van der Waals surface area (Å²) in [5.74, 6) is 0. The monoisotopic (exact) mass is 280 g/mol. The fourth-order valence-corrected chi connectivity index (χ4v) is 2.90. The topological polar surface area (TPSA) is 15.3 Å². The van der Waals surface area contributed by atoms with Crippen LogP contribution in [-0.2, 0) is 0 Å². The average Bonchev–Trinajstić information content (AvgIpc) is 2.81. The molecule has 4 heteroatoms. The van der Waals surface area contributed by atoms with Crippen molar-refractivity contribution in [1.29, 1.82) is 0 Å². The van der Waals surface area contributed by atoms with Crippen LogP contribution < -0.4 is 10.2 Å². The van der Waals surface area contributed by atoms with Crippen molar-refractivity contribution in [3.8, 4) is 0 Å². The molecule has 0 fully saturated rings. The van der Waals surface area contributed by atoms with Crippen LogP contribution in [0.15, 0.2) is 35.7 Å². The Morgan fingerprint density at radius 3 is 2.61 bits per heavy atom. The first-order chi connectivity index (χ1) is 8.58. The minimum atomic E-state index is 0.297. The molecule has 1 aromatic carbocycles. The Morgan fingerprint density at radius 1 is 1.28 bits per heavy atom. The minimum absolute atomic E-state index is 0.297. The number of hydrogen-bond acceptors (Lipinski definition) is 3. The van der Waals surface area contributed by atoms with Crippen LogP contribution >= 0.6 is 22.9 Å². The second-order valence-corrected chi connectivity index (χ2v) is 5.83. The SMILES string of the molecule is CC(Nc1ccc(N(C)C)c(Cl)c1)c1cccs1. The van der Waals surface area contributed by atoms with Crippen molar-refractivity contribution in [3.63, 3.8) is 0 Å². The van der Waals surface area contributed by atoms with Gasteiger partial charge in [-0.2, -0.15) is 0 Å². The summed E-state index contributed by atoms with van der Waals surface area (Å²) >= 11 is 8.01. The number of thiophene rings is 1. The standard InChI is InChI=1S/C14H17ClN2S/c1-10(14-5-4-8-18-14)16-11-6-7-13(17(2)3)12(15)9-11/h4-10,16H,1-3H3. The Kier molecular flexibility index (Phi) is 4.15. The molecule has 0 spiro atoms. The predicted molar refractivity (Wildman–Crippen MR) is 82.1 cm³/mol. The zero-order chi connectivity index (χ0) is 13.1. The number of rotatable bonds is 4. The molecule has 1 aromatic heterocycles. The van der Waals surface area contributed by atoms with Gasteiger partial charge in [-0.05, 0) is 36.6 Å². The van der Waals surface area contributed by atoms with Crippen molar-refractivity contribution in [2.24, 2.45) is 0 Å². The molecule has 18 heavy (non-hydrogen) atoms. The summed E-state index contributed by atoms with van der Waals surface area (Å²) in [5.41, 5.74) is 2.08. The summed E-state index contributed by atoms with van der Waals surface area (Å²) in [6.45, 7) is 2.15. The Labute approximate surface area is 117 Å². The quantitative estimate of drug-likeness (QED) is 0.878. The van der Waals surface area contributed by atoms with E-state index in [-0.39, 0.29) is 0 Å². The van der Waals surface area contributed by atoms with E-state index in [1.54, 1.807) is 11.3 Å². The second kappa shape index (κ2) is 5.63. The fourth-order valence-electron chi connectivity index (χ4n) is 1.82. The molecule has 1 N–H and O–H groups in total. The molecule has 0 bridgehead atoms. The molecule has 0 amide bonds. The van der Waals surface area contributed by atoms with Gasteiger partial charge in [-0.3, -0.25) is 0 Å². The van der Waals surface area contributed by atoms with Gasteiger partial charge in [-0.15, -0.1) is 11.3 Å². The van der Waals surface area contributed by atoms with Crippen LogP contribution in [0.1, 0.15) is 17.8 Å². The maximum Gasteiger partial charge on any atom is 0.0659 e. The van der Waals surface area contributed by atoms with Crippen molar-refractivity contribution in [2.75, 3.05) is 24.3 Å². The highest BCUT2D eigenvalue weighted by atomic mass is 35.5. The largest absolute Gasteiger partial charge is 0.378 e. The number of nitrogens with zero attached hydrogens (tertiary/aromatic N) is 1. The lowest BCUT2D eigenvalue weighted by molar-refractivity contribution is 0.908. The summed E-state index contributed by atoms with van der Waals surface area (Å²) in [6.07, 6.45) is 0. The minimum Gasteiger partial charge on any atom is -0.378 e. The highest BCUT2D eigenvalue weighted by molar-refractivity contribution is 7.10. The van der Waals surface area contributed by atoms with E-state index in [4.69, 9.17) is 11.6 Å². The van der Waals surface area contributed by atoms with E-state index in [0.29, 0.717) is 6.04 Å². The van der Waals surface area contributed by atoms with Gasteiger partial charge in [0.25, 0.3) is 0 Å². The van der Waals surface area contributed by atoms with E-state index in [1.807, 2.05) is 31.1 Å². The van der Waals surface area contributed by atoms with E-state index in [2.05, 4.69) is 35.8 Å². The molecule has 0 radical (unpaired) electrons. The van der Waals surface area contributed by atoms with E-state index >= 15 is 0 Å². The highest BCUT2D eigenvalue weighted by Crippen LogP contribution is 2.30. The first-order valence-corrected chi connectivity index (χ1v) is 7.10. The second-order valence-electron chi connectivity index (χ2n) is 4.44. The third kappa shape index (κ3) is 2.98. The van der Waals surface area contributed by atoms with Crippen LogP contribution in [0.4, 0.5) is 11.4 Å². The fraction of sp³-hybridized carbons (Fsp3) is 0.286. The summed E-state index contributed by atoms with van der Waals surface area (Å²) in [4.78, 5) is 3.33. The van der Waals surface area contributed by atoms with Gasteiger partial charge in [-0.25, -0.2) is 0 Å². The number of halogens is 1. The Morgan fingerprint density at radius 2 is 2.06 bits per heavy atom. The molecular weight excluding hydrogens is 264 g/mol. The number of nitrogens with one attached hydrogen (secondary N) is 1. The van der Waals surface area contributed by atoms with Gasteiger partial charge in [0.2, 0.25) is 0 Å². The van der Waals surface area contributed by atoms with E-state index < -0.39 is 0 Å². The number of hydrogen-bond donors (Lipinski definition) is 1. The molecular formula is C14H17ClN2S. The van der Waals surface area contributed by atoms with Crippen LogP contribution in [-0.4, -0.2) is 14.1 Å². The Hall–Kier alpha value is -1.19. The van der Waals surface area contributed by atoms with Gasteiger partial charge in [0.1, 0.15) is 0 Å². The van der Waals surface area contributed by atoms with Crippen LogP contribution in [0.25, 0.3) is 0 Å². The van der Waals surface area contributed by atoms with Gasteiger partial charge in [-0.1, -0.05) is 17.7 Å². The molecule has 96 valence electrons. The smallest absolute Gasteiger partial charge is 0.0659 e. The molecule has 0 aliphatic heterocycles. The zero-order valence-corrected chi connectivity index (χ0v) is 12.3. The lowest BCUT2D eigenvalue weighted by Crippen LogP contribution is -2.10. The van der Waals surface area contributed by atoms with Crippen LogP contribution in [0.5, 0.6) is 0 Å². The molecule has 0 aliphatic carbocycles. The van der Waals surface area contributed by atoms with Gasteiger partial charge in [0, 0.05) is 24.7 Å². The third-order valence-electron chi connectivity index (χ3n) is 2.78. The van der Waals surface area contributed by atoms with Crippen molar-refractivity contribution in [3.05, 3.63) is 45.6 Å². The first kappa shape index (κ1) is 13.2. The van der Waals surface area contributed by atoms with Crippen molar-refractivity contribution >= 4 is 34.3 Å². The normalized spacial score (nSPS) is 12.2. The molecule has 1 atom stereocenters. The predicted octanol–water partition coefficient (Wildman–Crippen LogP) is 4.64. The summed E-state index contributed by atoms with van der Waals surface area (Å²) in [7, 11) is 3.98. The summed E-state index contributed by atoms with van der Waals surface area (Å²) in [6, 6.07) is 10.6. The summed E-state index contributed by atoms with van der Waals surface area (Å²) in [5, 5.41) is 6.32. The molecule has 0 saturated heterocycles. The van der Waals surface area contributed by atoms with Gasteiger partial charge < -0.3 is 10.2 Å². The molecule has 1 unspecified atom stereocenters. The zero-order valence-electron chi connectivity index (χ0n) is 10.8. The van der Waals surface area contributed by atoms with Gasteiger partial charge in [0.05, 0.1) is 16.8 Å².